The number of aromatic nitrogens is 3. The number of hydrogen-bond donors (Lipinski definition) is 0. The number of benzene rings is 1. The summed E-state index contributed by atoms with van der Waals surface area (Å²) < 4.78 is 46.4. The molecule has 1 aliphatic carbocycles. The van der Waals surface area contributed by atoms with Crippen LogP contribution in [0.5, 0.6) is 11.5 Å². The van der Waals surface area contributed by atoms with E-state index in [0.29, 0.717) is 36.0 Å². The number of sulfonamides is 1. The van der Waals surface area contributed by atoms with Crippen LogP contribution in [0.25, 0.3) is 11.4 Å². The van der Waals surface area contributed by atoms with Crippen molar-refractivity contribution in [3.8, 4) is 22.9 Å². The average Bonchev–Trinajstić information content (AvgIpc) is 3.30. The zero-order chi connectivity index (χ0) is 21.6. The maximum Gasteiger partial charge on any atom is 0.247 e. The molecule has 0 atom stereocenters. The normalized spacial score (nSPS) is 16.8. The fraction of sp³-hybridized carbons (Fsp3) is 0.429. The van der Waals surface area contributed by atoms with Crippen molar-refractivity contribution in [3.63, 3.8) is 0 Å². The summed E-state index contributed by atoms with van der Waals surface area (Å²) in [5.41, 5.74) is 3.26. The van der Waals surface area contributed by atoms with E-state index in [1.54, 1.807) is 18.4 Å². The van der Waals surface area contributed by atoms with Gasteiger partial charge < -0.3 is 13.9 Å². The summed E-state index contributed by atoms with van der Waals surface area (Å²) in [5, 5.41) is 4.79. The number of oxazole rings is 1. The first-order chi connectivity index (χ1) is 15.0. The molecule has 3 heterocycles. The summed E-state index contributed by atoms with van der Waals surface area (Å²) in [6.07, 6.45) is 5.91. The van der Waals surface area contributed by atoms with Crippen molar-refractivity contribution in [2.24, 2.45) is 5.92 Å². The lowest BCUT2D eigenvalue weighted by atomic mass is 10.1. The monoisotopic (exact) mass is 444 g/mol. The predicted octanol–water partition coefficient (Wildman–Crippen LogP) is 2.71. The molecule has 0 saturated heterocycles. The molecule has 3 aromatic rings. The number of fused-ring (bicyclic) bond motifs is 1. The van der Waals surface area contributed by atoms with Crippen molar-refractivity contribution < 1.29 is 22.3 Å². The third-order valence-electron chi connectivity index (χ3n) is 5.89. The molecule has 0 N–H and O–H groups in total. The standard InChI is InChI=1S/C21H24N4O5S/c1-28-15-5-6-19(29-2)20(9-15)31(26,27)24-8-7-18-16(11-24)21(17-12-30-13-22-17)23-25(18)10-14-3-4-14/h5-6,9,12-14H,3-4,7-8,10-11H2,1-2H3. The van der Waals surface area contributed by atoms with Crippen molar-refractivity contribution in [1.29, 1.82) is 0 Å². The van der Waals surface area contributed by atoms with Crippen LogP contribution >= 0.6 is 0 Å². The van der Waals surface area contributed by atoms with Crippen LogP contribution in [-0.4, -0.2) is 48.3 Å². The highest BCUT2D eigenvalue weighted by Crippen LogP contribution is 2.37. The Kier molecular flexibility index (Phi) is 4.98. The van der Waals surface area contributed by atoms with Gasteiger partial charge in [0.05, 0.1) is 14.2 Å². The van der Waals surface area contributed by atoms with E-state index in [4.69, 9.17) is 19.0 Å². The molecule has 31 heavy (non-hydrogen) atoms. The Morgan fingerprint density at radius 1 is 1.23 bits per heavy atom. The van der Waals surface area contributed by atoms with Gasteiger partial charge in [0, 0.05) is 43.4 Å². The van der Waals surface area contributed by atoms with Crippen LogP contribution in [0.2, 0.25) is 0 Å². The summed E-state index contributed by atoms with van der Waals surface area (Å²) >= 11 is 0. The minimum Gasteiger partial charge on any atom is -0.497 e. The Morgan fingerprint density at radius 3 is 2.74 bits per heavy atom. The Labute approximate surface area is 180 Å². The van der Waals surface area contributed by atoms with E-state index in [2.05, 4.69) is 4.98 Å². The van der Waals surface area contributed by atoms with E-state index in [0.717, 1.165) is 17.8 Å². The fourth-order valence-corrected chi connectivity index (χ4v) is 5.61. The number of nitrogens with zero attached hydrogens (tertiary/aromatic N) is 4. The molecule has 5 rings (SSSR count). The van der Waals surface area contributed by atoms with Gasteiger partial charge in [-0.2, -0.15) is 9.40 Å². The van der Waals surface area contributed by atoms with Crippen molar-refractivity contribution in [2.45, 2.75) is 37.2 Å². The summed E-state index contributed by atoms with van der Waals surface area (Å²) in [5.74, 6) is 1.39. The average molecular weight is 445 g/mol. The molecule has 10 heteroatoms. The number of ether oxygens (including phenoxy) is 2. The number of rotatable bonds is 7. The minimum absolute atomic E-state index is 0.0890. The Hall–Kier alpha value is -2.85. The predicted molar refractivity (Wildman–Crippen MR) is 111 cm³/mol. The van der Waals surface area contributed by atoms with Crippen molar-refractivity contribution >= 4 is 10.0 Å². The van der Waals surface area contributed by atoms with Crippen molar-refractivity contribution in [3.05, 3.63) is 42.1 Å². The number of hydrogen-bond acceptors (Lipinski definition) is 7. The second kappa shape index (κ2) is 7.69. The summed E-state index contributed by atoms with van der Waals surface area (Å²) in [4.78, 5) is 4.34. The minimum atomic E-state index is -3.82. The van der Waals surface area contributed by atoms with E-state index < -0.39 is 10.0 Å². The van der Waals surface area contributed by atoms with E-state index in [1.165, 1.54) is 43.8 Å². The molecule has 164 valence electrons. The highest BCUT2D eigenvalue weighted by Gasteiger charge is 2.36. The van der Waals surface area contributed by atoms with Crippen molar-refractivity contribution in [1.82, 2.24) is 19.1 Å². The molecule has 1 saturated carbocycles. The van der Waals surface area contributed by atoms with Gasteiger partial charge in [0.25, 0.3) is 0 Å². The highest BCUT2D eigenvalue weighted by molar-refractivity contribution is 7.89. The van der Waals surface area contributed by atoms with Gasteiger partial charge in [-0.3, -0.25) is 4.68 Å². The van der Waals surface area contributed by atoms with Crippen LogP contribution in [0.4, 0.5) is 0 Å². The van der Waals surface area contributed by atoms with E-state index in [9.17, 15) is 8.42 Å². The van der Waals surface area contributed by atoms with Crippen LogP contribution in [0, 0.1) is 5.92 Å². The SMILES string of the molecule is COc1ccc(OC)c(S(=O)(=O)N2CCc3c(c(-c4cocn4)nn3CC3CC3)C2)c1. The Bertz CT molecular complexity index is 1200. The van der Waals surface area contributed by atoms with Crippen LogP contribution in [0.15, 0.2) is 40.2 Å². The molecule has 0 bridgehead atoms. The smallest absolute Gasteiger partial charge is 0.247 e. The van der Waals surface area contributed by atoms with E-state index in [-0.39, 0.29) is 17.2 Å². The maximum absolute atomic E-state index is 13.6. The molecule has 0 spiro atoms. The number of methoxy groups -OCH3 is 2. The van der Waals surface area contributed by atoms with Gasteiger partial charge in [-0.05, 0) is 30.9 Å². The lowest BCUT2D eigenvalue weighted by Crippen LogP contribution is -2.36. The molecule has 0 radical (unpaired) electrons. The van der Waals surface area contributed by atoms with Crippen molar-refractivity contribution in [2.75, 3.05) is 20.8 Å². The lowest BCUT2D eigenvalue weighted by molar-refractivity contribution is 0.368. The highest BCUT2D eigenvalue weighted by atomic mass is 32.2. The summed E-state index contributed by atoms with van der Waals surface area (Å²) in [6, 6.07) is 4.78. The van der Waals surface area contributed by atoms with Gasteiger partial charge >= 0.3 is 0 Å². The molecule has 1 fully saturated rings. The van der Waals surface area contributed by atoms with E-state index in [1.807, 2.05) is 4.68 Å². The van der Waals surface area contributed by atoms with Crippen LogP contribution in [0.3, 0.4) is 0 Å². The molecule has 1 aliphatic heterocycles. The molecule has 2 aromatic heterocycles. The van der Waals surface area contributed by atoms with Gasteiger partial charge in [-0.1, -0.05) is 0 Å². The molecule has 2 aliphatic rings. The topological polar surface area (TPSA) is 99.7 Å². The lowest BCUT2D eigenvalue weighted by Gasteiger charge is -2.28. The quantitative estimate of drug-likeness (QED) is 0.552. The van der Waals surface area contributed by atoms with Gasteiger partial charge in [0.2, 0.25) is 10.0 Å². The molecule has 0 unspecified atom stereocenters. The Balaban J connectivity index is 1.54. The second-order valence-electron chi connectivity index (χ2n) is 7.88. The third kappa shape index (κ3) is 3.59. The van der Waals surface area contributed by atoms with Gasteiger partial charge in [0.15, 0.2) is 6.39 Å². The van der Waals surface area contributed by atoms with Gasteiger partial charge in [-0.25, -0.2) is 13.4 Å². The van der Waals surface area contributed by atoms with Crippen LogP contribution in [-0.2, 0) is 29.5 Å². The van der Waals surface area contributed by atoms with E-state index >= 15 is 0 Å². The zero-order valence-electron chi connectivity index (χ0n) is 17.4. The fourth-order valence-electron chi connectivity index (χ4n) is 4.03. The molecule has 1 aromatic carbocycles. The molecular weight excluding hydrogens is 420 g/mol. The summed E-state index contributed by atoms with van der Waals surface area (Å²) in [6.45, 7) is 1.44. The molecule has 9 nitrogen and oxygen atoms in total. The first-order valence-corrected chi connectivity index (χ1v) is 11.6. The second-order valence-corrected chi connectivity index (χ2v) is 9.78. The largest absolute Gasteiger partial charge is 0.497 e. The van der Waals surface area contributed by atoms with Crippen LogP contribution < -0.4 is 9.47 Å². The maximum atomic E-state index is 13.6. The van der Waals surface area contributed by atoms with Gasteiger partial charge in [0.1, 0.15) is 34.0 Å². The zero-order valence-corrected chi connectivity index (χ0v) is 18.3. The first-order valence-electron chi connectivity index (χ1n) is 10.2. The van der Waals surface area contributed by atoms with Crippen LogP contribution in [0.1, 0.15) is 24.1 Å². The Morgan fingerprint density at radius 2 is 2.06 bits per heavy atom. The third-order valence-corrected chi connectivity index (χ3v) is 7.76. The molecule has 0 amide bonds. The molecular formula is C21H24N4O5S. The first kappa shape index (κ1) is 20.1. The van der Waals surface area contributed by atoms with Gasteiger partial charge in [-0.15, -0.1) is 0 Å². The summed E-state index contributed by atoms with van der Waals surface area (Å²) in [7, 11) is -0.858.